The first kappa shape index (κ1) is 23.8. The van der Waals surface area contributed by atoms with Crippen LogP contribution in [-0.2, 0) is 27.4 Å². The Labute approximate surface area is 200 Å². The van der Waals surface area contributed by atoms with Gasteiger partial charge >= 0.3 is 0 Å². The highest BCUT2D eigenvalue weighted by molar-refractivity contribution is 6.30. The van der Waals surface area contributed by atoms with Crippen molar-refractivity contribution in [2.24, 2.45) is 0 Å². The Morgan fingerprint density at radius 1 is 1.26 bits per heavy atom. The number of Topliss-reactive ketones (excluding diaryl/α,β-unsaturated/α-hetero) is 1. The summed E-state index contributed by atoms with van der Waals surface area (Å²) in [6, 6.07) is 7.19. The predicted octanol–water partition coefficient (Wildman–Crippen LogP) is 2.96. The topological polar surface area (TPSA) is 93.5 Å². The van der Waals surface area contributed by atoms with Gasteiger partial charge in [-0.3, -0.25) is 14.4 Å². The summed E-state index contributed by atoms with van der Waals surface area (Å²) >= 11 is 5.82. The number of methoxy groups -OCH3 is 1. The van der Waals surface area contributed by atoms with E-state index in [0.29, 0.717) is 29.6 Å². The third-order valence-corrected chi connectivity index (χ3v) is 6.33. The molecule has 1 aromatic carbocycles. The van der Waals surface area contributed by atoms with Gasteiger partial charge in [0.2, 0.25) is 11.8 Å². The average Bonchev–Trinajstić information content (AvgIpc) is 3.42. The molecule has 0 unspecified atom stereocenters. The fourth-order valence-corrected chi connectivity index (χ4v) is 4.53. The first-order valence-corrected chi connectivity index (χ1v) is 11.2. The first-order chi connectivity index (χ1) is 16.3. The number of fused-ring (bicyclic) bond motifs is 1. The number of pyridine rings is 1. The van der Waals surface area contributed by atoms with Crippen LogP contribution in [-0.4, -0.2) is 57.8 Å². The second-order valence-electron chi connectivity index (χ2n) is 8.13. The molecule has 1 N–H and O–H groups in total. The van der Waals surface area contributed by atoms with Crippen LogP contribution in [0.2, 0.25) is 5.02 Å². The maximum absolute atomic E-state index is 14.2. The van der Waals surface area contributed by atoms with Gasteiger partial charge in [-0.25, -0.2) is 9.37 Å². The van der Waals surface area contributed by atoms with Gasteiger partial charge in [0.15, 0.2) is 5.78 Å². The van der Waals surface area contributed by atoms with Crippen molar-refractivity contribution in [2.75, 3.05) is 13.7 Å². The predicted molar refractivity (Wildman–Crippen MR) is 124 cm³/mol. The molecule has 2 atom stereocenters. The van der Waals surface area contributed by atoms with Gasteiger partial charge in [-0.05, 0) is 31.5 Å². The van der Waals surface area contributed by atoms with Gasteiger partial charge < -0.3 is 19.5 Å². The number of likely N-dealkylation sites (tertiary alicyclic amines) is 1. The van der Waals surface area contributed by atoms with E-state index in [0.717, 1.165) is 0 Å². The van der Waals surface area contributed by atoms with Crippen LogP contribution < -0.4 is 5.32 Å². The normalized spacial score (nSPS) is 17.8. The number of rotatable bonds is 7. The lowest BCUT2D eigenvalue weighted by Gasteiger charge is -2.27. The largest absolute Gasteiger partial charge is 0.379 e. The fraction of sp³-hybridized carbons (Fsp3) is 0.333. The second kappa shape index (κ2) is 9.90. The number of amides is 2. The van der Waals surface area contributed by atoms with Crippen molar-refractivity contribution >= 4 is 40.2 Å². The van der Waals surface area contributed by atoms with E-state index in [-0.39, 0.29) is 35.4 Å². The highest BCUT2D eigenvalue weighted by Gasteiger charge is 2.42. The molecule has 1 saturated heterocycles. The molecule has 1 aliphatic rings. The minimum atomic E-state index is -0.873. The number of hydrogen-bond acceptors (Lipinski definition) is 5. The van der Waals surface area contributed by atoms with Gasteiger partial charge in [0.05, 0.1) is 11.1 Å². The highest BCUT2D eigenvalue weighted by Crippen LogP contribution is 2.24. The molecule has 3 aromatic rings. The molecule has 34 heavy (non-hydrogen) atoms. The molecule has 0 saturated carbocycles. The summed E-state index contributed by atoms with van der Waals surface area (Å²) in [6.45, 7) is 1.62. The molecule has 0 radical (unpaired) electrons. The zero-order valence-corrected chi connectivity index (χ0v) is 19.5. The molecular weight excluding hydrogens is 463 g/mol. The molecule has 4 rings (SSSR count). The lowest BCUT2D eigenvalue weighted by atomic mass is 10.1. The van der Waals surface area contributed by atoms with Crippen LogP contribution in [0.25, 0.3) is 11.0 Å². The Bertz CT molecular complexity index is 1260. The number of benzene rings is 1. The number of nitrogens with one attached hydrogen (secondary N) is 1. The summed E-state index contributed by atoms with van der Waals surface area (Å²) < 4.78 is 21.3. The molecule has 1 aliphatic heterocycles. The molecule has 2 amide bonds. The zero-order valence-electron chi connectivity index (χ0n) is 18.8. The molecular formula is C24H24ClFN4O4. The maximum atomic E-state index is 14.2. The number of carbonyl (C=O) groups is 3. The van der Waals surface area contributed by atoms with Gasteiger partial charge in [0, 0.05) is 49.1 Å². The molecule has 8 nitrogen and oxygen atoms in total. The zero-order chi connectivity index (χ0) is 24.4. The monoisotopic (exact) mass is 486 g/mol. The quantitative estimate of drug-likeness (QED) is 0.518. The average molecular weight is 487 g/mol. The van der Waals surface area contributed by atoms with Gasteiger partial charge in [-0.1, -0.05) is 23.7 Å². The number of nitrogens with zero attached hydrogens (tertiary/aromatic N) is 3. The van der Waals surface area contributed by atoms with Crippen LogP contribution >= 0.6 is 11.6 Å². The van der Waals surface area contributed by atoms with Crippen molar-refractivity contribution in [3.05, 3.63) is 64.7 Å². The van der Waals surface area contributed by atoms with Crippen LogP contribution in [0.1, 0.15) is 29.3 Å². The lowest BCUT2D eigenvalue weighted by Crippen LogP contribution is -2.51. The maximum Gasteiger partial charge on any atom is 0.245 e. The minimum Gasteiger partial charge on any atom is -0.379 e. The van der Waals surface area contributed by atoms with E-state index in [1.165, 1.54) is 31.1 Å². The summed E-state index contributed by atoms with van der Waals surface area (Å²) in [5.74, 6) is -1.49. The van der Waals surface area contributed by atoms with Crippen LogP contribution in [0.4, 0.5) is 4.39 Å². The molecule has 3 heterocycles. The van der Waals surface area contributed by atoms with Gasteiger partial charge in [-0.15, -0.1) is 0 Å². The number of ketones is 1. The Hall–Kier alpha value is -3.30. The van der Waals surface area contributed by atoms with E-state index in [2.05, 4.69) is 10.3 Å². The van der Waals surface area contributed by atoms with Gasteiger partial charge in [0.25, 0.3) is 0 Å². The minimum absolute atomic E-state index is 0.0309. The van der Waals surface area contributed by atoms with Gasteiger partial charge in [-0.2, -0.15) is 0 Å². The lowest BCUT2D eigenvalue weighted by molar-refractivity contribution is -0.141. The summed E-state index contributed by atoms with van der Waals surface area (Å²) in [5.41, 5.74) is 1.23. The number of ether oxygens (including phenoxy) is 1. The van der Waals surface area contributed by atoms with Gasteiger partial charge in [0.1, 0.15) is 24.1 Å². The number of hydrogen-bond donors (Lipinski definition) is 1. The fourth-order valence-electron chi connectivity index (χ4n) is 4.33. The number of aromatic nitrogens is 2. The summed E-state index contributed by atoms with van der Waals surface area (Å²) in [6.07, 6.45) is 3.18. The molecule has 2 aromatic heterocycles. The van der Waals surface area contributed by atoms with Crippen molar-refractivity contribution in [1.29, 1.82) is 0 Å². The Morgan fingerprint density at radius 2 is 2.06 bits per heavy atom. The standard InChI is InChI=1S/C24H24ClFN4O4/c1-14(31)17-12-29(23-16(17)6-4-9-27-23)13-20(32)30-10-8-19(34-2)22(30)24(33)28-11-15-5-3-7-18(25)21(15)26/h3-7,9,12,19,22H,8,10-11,13H2,1-2H3,(H,28,33)/t19-,22+/m1/s1. The Morgan fingerprint density at radius 3 is 2.79 bits per heavy atom. The van der Waals surface area contributed by atoms with E-state index in [1.807, 2.05) is 0 Å². The third kappa shape index (κ3) is 4.53. The Balaban J connectivity index is 1.53. The van der Waals surface area contributed by atoms with Crippen LogP contribution in [0.5, 0.6) is 0 Å². The van der Waals surface area contributed by atoms with E-state index >= 15 is 0 Å². The molecule has 10 heteroatoms. The summed E-state index contributed by atoms with van der Waals surface area (Å²) in [7, 11) is 1.48. The van der Waals surface area contributed by atoms with E-state index in [4.69, 9.17) is 16.3 Å². The Kier molecular flexibility index (Phi) is 6.95. The van der Waals surface area contributed by atoms with Crippen molar-refractivity contribution in [3.8, 4) is 0 Å². The molecule has 0 spiro atoms. The van der Waals surface area contributed by atoms with Crippen LogP contribution in [0, 0.1) is 5.82 Å². The van der Waals surface area contributed by atoms with Crippen LogP contribution in [0.3, 0.4) is 0 Å². The second-order valence-corrected chi connectivity index (χ2v) is 8.53. The summed E-state index contributed by atoms with van der Waals surface area (Å²) in [4.78, 5) is 44.1. The van der Waals surface area contributed by atoms with Crippen molar-refractivity contribution in [2.45, 2.75) is 38.6 Å². The number of halogens is 2. The van der Waals surface area contributed by atoms with Crippen LogP contribution in [0.15, 0.2) is 42.7 Å². The molecule has 0 bridgehead atoms. The third-order valence-electron chi connectivity index (χ3n) is 6.04. The number of carbonyl (C=O) groups excluding carboxylic acids is 3. The van der Waals surface area contributed by atoms with E-state index < -0.39 is 23.9 Å². The van der Waals surface area contributed by atoms with Crippen molar-refractivity contribution in [3.63, 3.8) is 0 Å². The molecule has 1 fully saturated rings. The van der Waals surface area contributed by atoms with Crippen molar-refractivity contribution < 1.29 is 23.5 Å². The first-order valence-electron chi connectivity index (χ1n) is 10.8. The van der Waals surface area contributed by atoms with E-state index in [1.54, 1.807) is 35.2 Å². The SMILES string of the molecule is CO[C@@H]1CCN(C(=O)Cn2cc(C(C)=O)c3cccnc32)[C@@H]1C(=O)NCc1cccc(Cl)c1F. The molecule has 178 valence electrons. The van der Waals surface area contributed by atoms with Crippen molar-refractivity contribution in [1.82, 2.24) is 19.8 Å². The highest BCUT2D eigenvalue weighted by atomic mass is 35.5. The van der Waals surface area contributed by atoms with E-state index in [9.17, 15) is 18.8 Å². The smallest absolute Gasteiger partial charge is 0.245 e. The summed E-state index contributed by atoms with van der Waals surface area (Å²) in [5, 5.41) is 3.33. The molecule has 0 aliphatic carbocycles.